The third kappa shape index (κ3) is 3.30. The van der Waals surface area contributed by atoms with E-state index < -0.39 is 10.0 Å². The third-order valence-electron chi connectivity index (χ3n) is 3.62. The SMILES string of the molecule is C[C@H]1C(CNS(=O)(=O)Cc2ccsc2Br)[C@@H]1C. The van der Waals surface area contributed by atoms with Crippen molar-refractivity contribution in [2.75, 3.05) is 6.54 Å². The van der Waals surface area contributed by atoms with Gasteiger partial charge in [0.05, 0.1) is 9.54 Å². The van der Waals surface area contributed by atoms with Gasteiger partial charge in [-0.3, -0.25) is 0 Å². The normalized spacial score (nSPS) is 28.3. The molecule has 1 aliphatic rings. The van der Waals surface area contributed by atoms with Crippen molar-refractivity contribution in [3.63, 3.8) is 0 Å². The largest absolute Gasteiger partial charge is 0.215 e. The molecule has 6 heteroatoms. The molecule has 1 aliphatic carbocycles. The first-order chi connectivity index (χ1) is 7.91. The summed E-state index contributed by atoms with van der Waals surface area (Å²) < 4.78 is 27.3. The predicted octanol–water partition coefficient (Wildman–Crippen LogP) is 2.83. The Morgan fingerprint density at radius 1 is 1.41 bits per heavy atom. The molecule has 0 unspecified atom stereocenters. The zero-order valence-electron chi connectivity index (χ0n) is 9.81. The zero-order valence-corrected chi connectivity index (χ0v) is 13.0. The minimum Gasteiger partial charge on any atom is -0.215 e. The number of hydrogen-bond acceptors (Lipinski definition) is 3. The summed E-state index contributed by atoms with van der Waals surface area (Å²) in [6, 6.07) is 1.84. The van der Waals surface area contributed by atoms with Crippen LogP contribution in [-0.4, -0.2) is 15.0 Å². The second-order valence-electron chi connectivity index (χ2n) is 4.71. The number of thiophene rings is 1. The van der Waals surface area contributed by atoms with Crippen molar-refractivity contribution in [3.05, 3.63) is 20.8 Å². The fourth-order valence-corrected chi connectivity index (χ4v) is 4.75. The van der Waals surface area contributed by atoms with Gasteiger partial charge >= 0.3 is 0 Å². The molecule has 2 rings (SSSR count). The summed E-state index contributed by atoms with van der Waals surface area (Å²) in [5.74, 6) is 1.86. The maximum atomic E-state index is 11.9. The Morgan fingerprint density at radius 3 is 2.53 bits per heavy atom. The smallest absolute Gasteiger partial charge is 0.215 e. The second kappa shape index (κ2) is 4.99. The number of hydrogen-bond donors (Lipinski definition) is 1. The summed E-state index contributed by atoms with van der Waals surface area (Å²) in [5, 5.41) is 1.89. The summed E-state index contributed by atoms with van der Waals surface area (Å²) in [6.45, 7) is 4.91. The van der Waals surface area contributed by atoms with E-state index in [2.05, 4.69) is 34.5 Å². The quantitative estimate of drug-likeness (QED) is 0.897. The van der Waals surface area contributed by atoms with Crippen LogP contribution in [0, 0.1) is 17.8 Å². The van der Waals surface area contributed by atoms with E-state index in [9.17, 15) is 8.42 Å². The van der Waals surface area contributed by atoms with Gasteiger partial charge < -0.3 is 0 Å². The molecular weight excluding hydrogens is 322 g/mol. The van der Waals surface area contributed by atoms with E-state index in [4.69, 9.17) is 0 Å². The molecule has 0 spiro atoms. The fourth-order valence-electron chi connectivity index (χ4n) is 2.04. The van der Waals surface area contributed by atoms with E-state index >= 15 is 0 Å². The summed E-state index contributed by atoms with van der Waals surface area (Å²) in [5.41, 5.74) is 0.833. The second-order valence-corrected chi connectivity index (χ2v) is 8.75. The fraction of sp³-hybridized carbons (Fsp3) is 0.636. The summed E-state index contributed by atoms with van der Waals surface area (Å²) >= 11 is 4.86. The van der Waals surface area contributed by atoms with Crippen LogP contribution in [0.5, 0.6) is 0 Å². The Labute approximate surface area is 115 Å². The molecule has 1 N–H and O–H groups in total. The van der Waals surface area contributed by atoms with Gasteiger partial charge in [-0.15, -0.1) is 11.3 Å². The van der Waals surface area contributed by atoms with Crippen LogP contribution in [0.2, 0.25) is 0 Å². The summed E-state index contributed by atoms with van der Waals surface area (Å²) in [4.78, 5) is 0. The maximum absolute atomic E-state index is 11.9. The van der Waals surface area contributed by atoms with Gasteiger partial charge in [0.2, 0.25) is 10.0 Å². The highest BCUT2D eigenvalue weighted by atomic mass is 79.9. The van der Waals surface area contributed by atoms with Crippen molar-refractivity contribution in [2.45, 2.75) is 19.6 Å². The average Bonchev–Trinajstić information content (AvgIpc) is 2.61. The molecule has 0 amide bonds. The number of rotatable bonds is 5. The van der Waals surface area contributed by atoms with Crippen LogP contribution in [0.4, 0.5) is 0 Å². The van der Waals surface area contributed by atoms with Crippen molar-refractivity contribution in [3.8, 4) is 0 Å². The number of halogens is 1. The Morgan fingerprint density at radius 2 is 2.06 bits per heavy atom. The van der Waals surface area contributed by atoms with E-state index in [1.54, 1.807) is 0 Å². The molecule has 1 aromatic heterocycles. The van der Waals surface area contributed by atoms with Gasteiger partial charge in [0.25, 0.3) is 0 Å². The lowest BCUT2D eigenvalue weighted by atomic mass is 10.3. The monoisotopic (exact) mass is 337 g/mol. The topological polar surface area (TPSA) is 46.2 Å². The molecule has 3 nitrogen and oxygen atoms in total. The lowest BCUT2D eigenvalue weighted by Crippen LogP contribution is -2.27. The zero-order chi connectivity index (χ0) is 12.6. The standard InChI is InChI=1S/C11H16BrNO2S2/c1-7-8(2)10(7)5-13-17(14,15)6-9-3-4-16-11(9)12/h3-4,7-8,10,13H,5-6H2,1-2H3/t7-,8-/m1/s1. The van der Waals surface area contributed by atoms with Gasteiger partial charge in [0.1, 0.15) is 0 Å². The van der Waals surface area contributed by atoms with Crippen molar-refractivity contribution < 1.29 is 8.42 Å². The lowest BCUT2D eigenvalue weighted by molar-refractivity contribution is 0.572. The van der Waals surface area contributed by atoms with E-state index in [-0.39, 0.29) is 5.75 Å². The summed E-state index contributed by atoms with van der Waals surface area (Å²) in [6.07, 6.45) is 0. The van der Waals surface area contributed by atoms with Crippen molar-refractivity contribution in [1.82, 2.24) is 4.72 Å². The average molecular weight is 338 g/mol. The molecule has 1 aromatic rings. The van der Waals surface area contributed by atoms with Crippen LogP contribution in [0.3, 0.4) is 0 Å². The Balaban J connectivity index is 1.89. The van der Waals surface area contributed by atoms with E-state index in [0.29, 0.717) is 24.3 Å². The first-order valence-corrected chi connectivity index (χ1v) is 8.92. The maximum Gasteiger partial charge on any atom is 0.215 e. The number of sulfonamides is 1. The summed E-state index contributed by atoms with van der Waals surface area (Å²) in [7, 11) is -3.20. The molecule has 0 aromatic carbocycles. The van der Waals surface area contributed by atoms with Crippen LogP contribution < -0.4 is 4.72 Å². The highest BCUT2D eigenvalue weighted by Crippen LogP contribution is 2.44. The molecule has 0 radical (unpaired) electrons. The van der Waals surface area contributed by atoms with E-state index in [1.165, 1.54) is 11.3 Å². The molecule has 0 saturated heterocycles. The molecular formula is C11H16BrNO2S2. The third-order valence-corrected chi connectivity index (χ3v) is 6.73. The molecule has 1 saturated carbocycles. The van der Waals surface area contributed by atoms with Crippen molar-refractivity contribution >= 4 is 37.3 Å². The van der Waals surface area contributed by atoms with Crippen molar-refractivity contribution in [2.24, 2.45) is 17.8 Å². The highest BCUT2D eigenvalue weighted by Gasteiger charge is 2.42. The van der Waals surface area contributed by atoms with Gasteiger partial charge in [-0.05, 0) is 50.7 Å². The van der Waals surface area contributed by atoms with Gasteiger partial charge in [-0.25, -0.2) is 13.1 Å². The first kappa shape index (κ1) is 13.5. The first-order valence-electron chi connectivity index (χ1n) is 5.60. The minimum atomic E-state index is -3.20. The Kier molecular flexibility index (Phi) is 3.97. The van der Waals surface area contributed by atoms with Crippen LogP contribution in [0.25, 0.3) is 0 Å². The number of nitrogens with one attached hydrogen (secondary N) is 1. The minimum absolute atomic E-state index is 0.0621. The molecule has 1 heterocycles. The molecule has 0 bridgehead atoms. The molecule has 1 fully saturated rings. The van der Waals surface area contributed by atoms with Crippen LogP contribution in [-0.2, 0) is 15.8 Å². The van der Waals surface area contributed by atoms with Gasteiger partial charge in [-0.1, -0.05) is 13.8 Å². The van der Waals surface area contributed by atoms with Crippen LogP contribution in [0.15, 0.2) is 15.2 Å². The predicted molar refractivity (Wildman–Crippen MR) is 74.5 cm³/mol. The highest BCUT2D eigenvalue weighted by molar-refractivity contribution is 9.11. The van der Waals surface area contributed by atoms with Gasteiger partial charge in [-0.2, -0.15) is 0 Å². The Hall–Kier alpha value is 0.0900. The van der Waals surface area contributed by atoms with Crippen molar-refractivity contribution in [1.29, 1.82) is 0 Å². The van der Waals surface area contributed by atoms with Gasteiger partial charge in [0, 0.05) is 6.54 Å². The van der Waals surface area contributed by atoms with E-state index in [1.807, 2.05) is 11.4 Å². The Bertz CT molecular complexity index is 489. The lowest BCUT2D eigenvalue weighted by Gasteiger charge is -2.05. The van der Waals surface area contributed by atoms with E-state index in [0.717, 1.165) is 9.35 Å². The molecule has 17 heavy (non-hydrogen) atoms. The molecule has 2 atom stereocenters. The molecule has 96 valence electrons. The van der Waals surface area contributed by atoms with Crippen LogP contribution in [0.1, 0.15) is 19.4 Å². The van der Waals surface area contributed by atoms with Gasteiger partial charge in [0.15, 0.2) is 0 Å². The molecule has 0 aliphatic heterocycles. The van der Waals surface area contributed by atoms with Crippen LogP contribution >= 0.6 is 27.3 Å².